The maximum Gasteiger partial charge on any atom is 0.416 e. The van der Waals surface area contributed by atoms with Crippen LogP contribution in [0.4, 0.5) is 13.2 Å². The van der Waals surface area contributed by atoms with Crippen molar-refractivity contribution in [3.8, 4) is 0 Å². The highest BCUT2D eigenvalue weighted by atomic mass is 19.4. The van der Waals surface area contributed by atoms with Crippen molar-refractivity contribution in [2.75, 3.05) is 6.54 Å². The average molecular weight is 273 g/mol. The van der Waals surface area contributed by atoms with E-state index >= 15 is 0 Å². The van der Waals surface area contributed by atoms with E-state index in [0.717, 1.165) is 6.07 Å². The third-order valence-corrected chi connectivity index (χ3v) is 3.60. The molecule has 1 aliphatic rings. The van der Waals surface area contributed by atoms with E-state index in [4.69, 9.17) is 0 Å². The molecule has 0 bridgehead atoms. The van der Waals surface area contributed by atoms with Gasteiger partial charge in [-0.1, -0.05) is 18.2 Å². The fourth-order valence-corrected chi connectivity index (χ4v) is 2.61. The van der Waals surface area contributed by atoms with Gasteiger partial charge in [0.25, 0.3) is 0 Å². The van der Waals surface area contributed by atoms with Crippen molar-refractivity contribution in [3.05, 3.63) is 35.4 Å². The first-order valence-electron chi connectivity index (χ1n) is 6.06. The lowest BCUT2D eigenvalue weighted by Gasteiger charge is -2.28. The van der Waals surface area contributed by atoms with Gasteiger partial charge in [-0.15, -0.1) is 0 Å². The van der Waals surface area contributed by atoms with Gasteiger partial charge in [0.05, 0.1) is 12.1 Å². The summed E-state index contributed by atoms with van der Waals surface area (Å²) in [5.74, 6) is -1.29. The van der Waals surface area contributed by atoms with Gasteiger partial charge in [0.15, 0.2) is 0 Å². The molecule has 1 aromatic carbocycles. The first-order chi connectivity index (χ1) is 8.85. The van der Waals surface area contributed by atoms with Crippen LogP contribution in [0.3, 0.4) is 0 Å². The molecule has 6 heteroatoms. The molecule has 2 rings (SSSR count). The van der Waals surface area contributed by atoms with Crippen molar-refractivity contribution in [2.45, 2.75) is 31.0 Å². The monoisotopic (exact) mass is 273 g/mol. The third-order valence-electron chi connectivity index (χ3n) is 3.60. The lowest BCUT2D eigenvalue weighted by Crippen LogP contribution is -2.97. The van der Waals surface area contributed by atoms with Crippen LogP contribution in [0.1, 0.15) is 24.0 Å². The number of benzene rings is 1. The molecular formula is C13H14F3NO2. The van der Waals surface area contributed by atoms with Gasteiger partial charge >= 0.3 is 6.18 Å². The Bertz CT molecular complexity index is 479. The highest BCUT2D eigenvalue weighted by Crippen LogP contribution is 2.33. The van der Waals surface area contributed by atoms with Crippen LogP contribution in [0.5, 0.6) is 0 Å². The van der Waals surface area contributed by atoms with Gasteiger partial charge in [-0.3, -0.25) is 0 Å². The number of hydrogen-bond acceptors (Lipinski definition) is 2. The molecule has 1 saturated heterocycles. The standard InChI is InChI=1S/C13H14F3NO2/c14-13(15,16)10-5-2-1-4-9(10)8-12(11(18)19)6-3-7-17-12/h1-2,4-5,17H,3,6-8H2,(H,18,19)/t12-/m1/s1. The van der Waals surface area contributed by atoms with Gasteiger partial charge in [-0.05, 0) is 11.6 Å². The third kappa shape index (κ3) is 2.73. The second-order valence-electron chi connectivity index (χ2n) is 4.87. The van der Waals surface area contributed by atoms with Gasteiger partial charge in [0.2, 0.25) is 0 Å². The molecule has 0 unspecified atom stereocenters. The lowest BCUT2D eigenvalue weighted by molar-refractivity contribution is -0.700. The number of carbonyl (C=O) groups is 1. The molecule has 1 heterocycles. The fraction of sp³-hybridized carbons (Fsp3) is 0.462. The maximum atomic E-state index is 12.9. The van der Waals surface area contributed by atoms with Gasteiger partial charge in [-0.25, -0.2) is 0 Å². The molecular weight excluding hydrogens is 259 g/mol. The van der Waals surface area contributed by atoms with Gasteiger partial charge in [-0.2, -0.15) is 13.2 Å². The van der Waals surface area contributed by atoms with Gasteiger partial charge in [0.1, 0.15) is 11.5 Å². The highest BCUT2D eigenvalue weighted by molar-refractivity contribution is 5.75. The topological polar surface area (TPSA) is 56.7 Å². The quantitative estimate of drug-likeness (QED) is 0.849. The zero-order valence-electron chi connectivity index (χ0n) is 10.2. The smallest absolute Gasteiger partial charge is 0.416 e. The number of alkyl halides is 3. The van der Waals surface area contributed by atoms with Crippen molar-refractivity contribution >= 4 is 5.97 Å². The number of carbonyl (C=O) groups excluding carboxylic acids is 1. The average Bonchev–Trinajstić information content (AvgIpc) is 2.78. The summed E-state index contributed by atoms with van der Waals surface area (Å²) in [5.41, 5.74) is -2.02. The van der Waals surface area contributed by atoms with Crippen LogP contribution in [0.15, 0.2) is 24.3 Å². The molecule has 0 aliphatic carbocycles. The van der Waals surface area contributed by atoms with Crippen molar-refractivity contribution < 1.29 is 28.4 Å². The van der Waals surface area contributed by atoms with E-state index < -0.39 is 23.2 Å². The summed E-state index contributed by atoms with van der Waals surface area (Å²) in [5, 5.41) is 12.8. The Morgan fingerprint density at radius 3 is 2.58 bits per heavy atom. The summed E-state index contributed by atoms with van der Waals surface area (Å²) < 4.78 is 38.6. The summed E-state index contributed by atoms with van der Waals surface area (Å²) >= 11 is 0. The van der Waals surface area contributed by atoms with E-state index in [0.29, 0.717) is 19.4 Å². The lowest BCUT2D eigenvalue weighted by atomic mass is 9.87. The van der Waals surface area contributed by atoms with Crippen molar-refractivity contribution in [2.24, 2.45) is 0 Å². The Morgan fingerprint density at radius 1 is 1.37 bits per heavy atom. The highest BCUT2D eigenvalue weighted by Gasteiger charge is 2.42. The van der Waals surface area contributed by atoms with Crippen molar-refractivity contribution in [1.82, 2.24) is 0 Å². The van der Waals surface area contributed by atoms with Crippen LogP contribution in [-0.4, -0.2) is 18.1 Å². The second kappa shape index (κ2) is 4.85. The minimum absolute atomic E-state index is 0.0114. The van der Waals surface area contributed by atoms with Crippen LogP contribution in [0.2, 0.25) is 0 Å². The van der Waals surface area contributed by atoms with E-state index in [9.17, 15) is 23.1 Å². The first-order valence-corrected chi connectivity index (χ1v) is 6.06. The molecule has 1 atom stereocenters. The number of rotatable bonds is 3. The number of carboxylic acids is 1. The number of nitrogens with two attached hydrogens (primary N) is 1. The molecule has 104 valence electrons. The largest absolute Gasteiger partial charge is 0.544 e. The van der Waals surface area contributed by atoms with E-state index in [2.05, 4.69) is 0 Å². The summed E-state index contributed by atoms with van der Waals surface area (Å²) in [7, 11) is 0. The minimum Gasteiger partial charge on any atom is -0.544 e. The Labute approximate surface area is 108 Å². The Balaban J connectivity index is 2.35. The van der Waals surface area contributed by atoms with E-state index in [1.807, 2.05) is 0 Å². The molecule has 0 saturated carbocycles. The predicted octanol–water partition coefficient (Wildman–Crippen LogP) is 0.0938. The Kier molecular flexibility index (Phi) is 3.54. The van der Waals surface area contributed by atoms with Crippen LogP contribution < -0.4 is 10.4 Å². The summed E-state index contributed by atoms with van der Waals surface area (Å²) in [4.78, 5) is 11.3. The number of hydrogen-bond donors (Lipinski definition) is 1. The molecule has 19 heavy (non-hydrogen) atoms. The van der Waals surface area contributed by atoms with Crippen molar-refractivity contribution in [1.29, 1.82) is 0 Å². The Hall–Kier alpha value is -1.56. The number of aliphatic carboxylic acids is 1. The molecule has 1 aliphatic heterocycles. The zero-order valence-corrected chi connectivity index (χ0v) is 10.2. The minimum atomic E-state index is -4.47. The molecule has 2 N–H and O–H groups in total. The summed E-state index contributed by atoms with van der Waals surface area (Å²) in [6.45, 7) is 0.599. The van der Waals surface area contributed by atoms with E-state index in [1.165, 1.54) is 18.2 Å². The summed E-state index contributed by atoms with van der Waals surface area (Å²) in [6, 6.07) is 5.10. The molecule has 0 spiro atoms. The van der Waals surface area contributed by atoms with Crippen LogP contribution in [0, 0.1) is 0 Å². The molecule has 0 aromatic heterocycles. The van der Waals surface area contributed by atoms with Crippen LogP contribution in [0.25, 0.3) is 0 Å². The molecule has 0 radical (unpaired) electrons. The number of halogens is 3. The van der Waals surface area contributed by atoms with Gasteiger partial charge in [0, 0.05) is 19.3 Å². The first kappa shape index (κ1) is 13.9. The second-order valence-corrected chi connectivity index (χ2v) is 4.87. The van der Waals surface area contributed by atoms with Crippen LogP contribution >= 0.6 is 0 Å². The Morgan fingerprint density at radius 2 is 2.05 bits per heavy atom. The predicted molar refractivity (Wildman–Crippen MR) is 58.9 cm³/mol. The summed E-state index contributed by atoms with van der Waals surface area (Å²) in [6.07, 6.45) is -3.63. The van der Waals surface area contributed by atoms with E-state index in [1.54, 1.807) is 5.32 Å². The molecule has 3 nitrogen and oxygen atoms in total. The zero-order chi connectivity index (χ0) is 14.1. The normalized spacial score (nSPS) is 23.5. The number of quaternary nitrogens is 1. The van der Waals surface area contributed by atoms with Crippen LogP contribution in [-0.2, 0) is 17.4 Å². The molecule has 1 fully saturated rings. The SMILES string of the molecule is O=C([O-])[C@]1(Cc2ccccc2C(F)(F)F)CCC[NH2+]1. The maximum absolute atomic E-state index is 12.9. The molecule has 0 amide bonds. The fourth-order valence-electron chi connectivity index (χ4n) is 2.61. The molecule has 1 aromatic rings. The number of carboxylic acid groups (broad SMARTS) is 1. The van der Waals surface area contributed by atoms with Crippen molar-refractivity contribution in [3.63, 3.8) is 0 Å². The van der Waals surface area contributed by atoms with Gasteiger partial charge < -0.3 is 15.2 Å². The van der Waals surface area contributed by atoms with E-state index in [-0.39, 0.29) is 12.0 Å².